The largest absolute Gasteiger partial charge is 0.297 e. The van der Waals surface area contributed by atoms with Gasteiger partial charge >= 0.3 is 0 Å². The van der Waals surface area contributed by atoms with E-state index in [0.717, 1.165) is 6.04 Å². The molecule has 1 saturated heterocycles. The standard InChI is InChI=1S/C17H19NS/c1-18-14-6-4-7-15(18)10-13(9-14)17-16-8-3-2-5-12(16)11-19-17/h2-3,5,8-9,11,14-15H,4,6-7,10H2,1H3. The molecule has 0 radical (unpaired) electrons. The van der Waals surface area contributed by atoms with Gasteiger partial charge in [0, 0.05) is 17.0 Å². The zero-order chi connectivity index (χ0) is 12.8. The third-order valence-electron chi connectivity index (χ3n) is 4.79. The lowest BCUT2D eigenvalue weighted by Crippen LogP contribution is -2.45. The van der Waals surface area contributed by atoms with Crippen LogP contribution in [-0.4, -0.2) is 24.0 Å². The SMILES string of the molecule is CN1C2C=C(c3scc4ccccc34)CC1CCC2. The van der Waals surface area contributed by atoms with Gasteiger partial charge in [-0.3, -0.25) is 4.90 Å². The topological polar surface area (TPSA) is 3.24 Å². The van der Waals surface area contributed by atoms with Crippen molar-refractivity contribution in [1.29, 1.82) is 0 Å². The van der Waals surface area contributed by atoms with E-state index in [1.165, 1.54) is 41.3 Å². The van der Waals surface area contributed by atoms with Gasteiger partial charge in [-0.25, -0.2) is 0 Å². The summed E-state index contributed by atoms with van der Waals surface area (Å²) in [6, 6.07) is 10.2. The number of hydrogen-bond donors (Lipinski definition) is 0. The summed E-state index contributed by atoms with van der Waals surface area (Å²) in [5.74, 6) is 0. The van der Waals surface area contributed by atoms with Crippen molar-refractivity contribution in [3.05, 3.63) is 40.6 Å². The van der Waals surface area contributed by atoms with Gasteiger partial charge in [-0.2, -0.15) is 0 Å². The molecule has 0 spiro atoms. The van der Waals surface area contributed by atoms with Crippen LogP contribution < -0.4 is 0 Å². The number of rotatable bonds is 1. The maximum atomic E-state index is 2.59. The molecule has 0 aliphatic carbocycles. The summed E-state index contributed by atoms with van der Waals surface area (Å²) in [7, 11) is 2.30. The summed E-state index contributed by atoms with van der Waals surface area (Å²) in [5, 5.41) is 5.15. The summed E-state index contributed by atoms with van der Waals surface area (Å²) < 4.78 is 0. The molecular formula is C17H19NS. The molecule has 0 N–H and O–H groups in total. The van der Waals surface area contributed by atoms with Gasteiger partial charge < -0.3 is 0 Å². The van der Waals surface area contributed by atoms with Gasteiger partial charge in [0.05, 0.1) is 0 Å². The minimum atomic E-state index is 0.670. The Labute approximate surface area is 118 Å². The van der Waals surface area contributed by atoms with Crippen LogP contribution in [0.1, 0.15) is 30.6 Å². The Bertz CT molecular complexity index is 640. The number of nitrogens with zero attached hydrogens (tertiary/aromatic N) is 1. The van der Waals surface area contributed by atoms with Crippen molar-refractivity contribution >= 4 is 27.7 Å². The lowest BCUT2D eigenvalue weighted by Gasteiger charge is -2.42. The van der Waals surface area contributed by atoms with E-state index in [1.54, 1.807) is 5.57 Å². The molecule has 98 valence electrons. The van der Waals surface area contributed by atoms with Crippen molar-refractivity contribution < 1.29 is 0 Å². The molecule has 2 heteroatoms. The lowest BCUT2D eigenvalue weighted by molar-refractivity contribution is 0.137. The molecule has 2 unspecified atom stereocenters. The maximum absolute atomic E-state index is 2.59. The summed E-state index contributed by atoms with van der Waals surface area (Å²) in [5.41, 5.74) is 1.60. The molecule has 2 aliphatic heterocycles. The van der Waals surface area contributed by atoms with E-state index in [4.69, 9.17) is 0 Å². The van der Waals surface area contributed by atoms with Crippen molar-refractivity contribution in [2.24, 2.45) is 0 Å². The van der Waals surface area contributed by atoms with Gasteiger partial charge in [-0.05, 0) is 48.0 Å². The molecule has 0 saturated carbocycles. The van der Waals surface area contributed by atoms with Crippen LogP contribution >= 0.6 is 11.3 Å². The van der Waals surface area contributed by atoms with Crippen molar-refractivity contribution in [2.75, 3.05) is 7.05 Å². The molecule has 19 heavy (non-hydrogen) atoms. The molecule has 3 heterocycles. The van der Waals surface area contributed by atoms with Gasteiger partial charge in [0.1, 0.15) is 0 Å². The van der Waals surface area contributed by atoms with Crippen LogP contribution in [0.5, 0.6) is 0 Å². The van der Waals surface area contributed by atoms with E-state index >= 15 is 0 Å². The van der Waals surface area contributed by atoms with Crippen molar-refractivity contribution in [1.82, 2.24) is 4.90 Å². The average molecular weight is 269 g/mol. The van der Waals surface area contributed by atoms with Crippen molar-refractivity contribution in [3.63, 3.8) is 0 Å². The molecule has 1 aromatic heterocycles. The van der Waals surface area contributed by atoms with Crippen molar-refractivity contribution in [3.8, 4) is 0 Å². The number of hydrogen-bond acceptors (Lipinski definition) is 2. The molecule has 2 aromatic rings. The van der Waals surface area contributed by atoms with Gasteiger partial charge in [0.25, 0.3) is 0 Å². The first kappa shape index (κ1) is 11.7. The fourth-order valence-electron chi connectivity index (χ4n) is 3.65. The Hall–Kier alpha value is -1.12. The summed E-state index contributed by atoms with van der Waals surface area (Å²) in [4.78, 5) is 4.10. The number of piperidine rings is 1. The van der Waals surface area contributed by atoms with Gasteiger partial charge in [0.15, 0.2) is 0 Å². The summed E-state index contributed by atoms with van der Waals surface area (Å²) >= 11 is 1.92. The number of likely N-dealkylation sites (N-methyl/N-ethyl adjacent to an activating group) is 1. The van der Waals surface area contributed by atoms with E-state index in [1.807, 2.05) is 11.3 Å². The highest BCUT2D eigenvalue weighted by Gasteiger charge is 2.31. The molecule has 0 amide bonds. The Kier molecular flexibility index (Phi) is 2.75. The summed E-state index contributed by atoms with van der Waals surface area (Å²) in [6.07, 6.45) is 7.87. The van der Waals surface area contributed by atoms with Crippen LogP contribution in [-0.2, 0) is 0 Å². The minimum Gasteiger partial charge on any atom is -0.297 e. The highest BCUT2D eigenvalue weighted by Crippen LogP contribution is 2.40. The second kappa shape index (κ2) is 4.46. The van der Waals surface area contributed by atoms with Crippen LogP contribution in [0.3, 0.4) is 0 Å². The van der Waals surface area contributed by atoms with Crippen molar-refractivity contribution in [2.45, 2.75) is 37.8 Å². The Morgan fingerprint density at radius 2 is 2.11 bits per heavy atom. The number of thiophene rings is 1. The zero-order valence-corrected chi connectivity index (χ0v) is 12.1. The van der Waals surface area contributed by atoms with Crippen LogP contribution in [0, 0.1) is 0 Å². The molecule has 1 aromatic carbocycles. The van der Waals surface area contributed by atoms with Gasteiger partial charge in [-0.15, -0.1) is 11.3 Å². The molecule has 2 bridgehead atoms. The quantitative estimate of drug-likeness (QED) is 0.734. The monoisotopic (exact) mass is 269 g/mol. The predicted octanol–water partition coefficient (Wildman–Crippen LogP) is 4.54. The molecule has 2 aliphatic rings. The third-order valence-corrected chi connectivity index (χ3v) is 5.88. The van der Waals surface area contributed by atoms with Crippen LogP contribution in [0.2, 0.25) is 0 Å². The first-order valence-corrected chi connectivity index (χ1v) is 8.10. The Balaban J connectivity index is 1.80. The normalized spacial score (nSPS) is 27.5. The molecule has 1 nitrogen and oxygen atoms in total. The Morgan fingerprint density at radius 1 is 1.21 bits per heavy atom. The van der Waals surface area contributed by atoms with E-state index in [2.05, 4.69) is 47.7 Å². The average Bonchev–Trinajstić information content (AvgIpc) is 2.82. The van der Waals surface area contributed by atoms with Crippen LogP contribution in [0.15, 0.2) is 35.7 Å². The second-order valence-electron chi connectivity index (χ2n) is 5.87. The van der Waals surface area contributed by atoms with E-state index in [9.17, 15) is 0 Å². The van der Waals surface area contributed by atoms with Gasteiger partial charge in [-0.1, -0.05) is 36.8 Å². The predicted molar refractivity (Wildman–Crippen MR) is 83.6 cm³/mol. The smallest absolute Gasteiger partial charge is 0.0378 e. The molecule has 4 rings (SSSR count). The van der Waals surface area contributed by atoms with E-state index in [0.29, 0.717) is 6.04 Å². The maximum Gasteiger partial charge on any atom is 0.0378 e. The minimum absolute atomic E-state index is 0.670. The van der Waals surface area contributed by atoms with E-state index in [-0.39, 0.29) is 0 Å². The lowest BCUT2D eigenvalue weighted by atomic mass is 9.85. The fourth-order valence-corrected chi connectivity index (χ4v) is 4.72. The second-order valence-corrected chi connectivity index (χ2v) is 6.75. The number of benzene rings is 1. The zero-order valence-electron chi connectivity index (χ0n) is 11.3. The summed E-state index contributed by atoms with van der Waals surface area (Å²) in [6.45, 7) is 0. The van der Waals surface area contributed by atoms with Crippen LogP contribution in [0.4, 0.5) is 0 Å². The fraction of sp³-hybridized carbons (Fsp3) is 0.412. The number of fused-ring (bicyclic) bond motifs is 3. The first-order chi connectivity index (χ1) is 9.33. The highest BCUT2D eigenvalue weighted by molar-refractivity contribution is 7.12. The highest BCUT2D eigenvalue weighted by atomic mass is 32.1. The molecule has 1 fully saturated rings. The molecular weight excluding hydrogens is 250 g/mol. The third kappa shape index (κ3) is 1.86. The van der Waals surface area contributed by atoms with E-state index < -0.39 is 0 Å². The Morgan fingerprint density at radius 3 is 3.00 bits per heavy atom. The molecule has 2 atom stereocenters. The first-order valence-electron chi connectivity index (χ1n) is 7.22. The van der Waals surface area contributed by atoms with Gasteiger partial charge in [0.2, 0.25) is 0 Å². The van der Waals surface area contributed by atoms with Crippen LogP contribution in [0.25, 0.3) is 16.3 Å².